The van der Waals surface area contributed by atoms with E-state index in [0.29, 0.717) is 42.8 Å². The number of urea groups is 1. The summed E-state index contributed by atoms with van der Waals surface area (Å²) in [4.78, 5) is 43.0. The number of nitrogens with zero attached hydrogens (tertiary/aromatic N) is 3. The lowest BCUT2D eigenvalue weighted by Gasteiger charge is -2.38. The van der Waals surface area contributed by atoms with Crippen LogP contribution in [0.15, 0.2) is 54.6 Å². The Morgan fingerprint density at radius 2 is 1.57 bits per heavy atom. The van der Waals surface area contributed by atoms with Gasteiger partial charge in [-0.3, -0.25) is 14.5 Å². The summed E-state index contributed by atoms with van der Waals surface area (Å²) in [7, 11) is 0. The van der Waals surface area contributed by atoms with Crippen LogP contribution in [0.3, 0.4) is 0 Å². The lowest BCUT2D eigenvalue weighted by atomic mass is 10.0. The van der Waals surface area contributed by atoms with Crippen molar-refractivity contribution in [3.8, 4) is 0 Å². The van der Waals surface area contributed by atoms with Crippen LogP contribution >= 0.6 is 0 Å². The first-order valence-electron chi connectivity index (χ1n) is 12.4. The van der Waals surface area contributed by atoms with Crippen molar-refractivity contribution in [2.45, 2.75) is 26.3 Å². The molecule has 2 aliphatic rings. The Labute approximate surface area is 207 Å². The molecule has 0 spiro atoms. The van der Waals surface area contributed by atoms with Crippen LogP contribution in [-0.2, 0) is 11.2 Å². The maximum atomic E-state index is 12.9. The summed E-state index contributed by atoms with van der Waals surface area (Å²) in [6.45, 7) is 8.93. The fourth-order valence-electron chi connectivity index (χ4n) is 4.93. The predicted octanol–water partition coefficient (Wildman–Crippen LogP) is 2.68. The number of carbonyl (C=O) groups is 3. The number of hydrogen-bond acceptors (Lipinski definition) is 4. The molecule has 8 heteroatoms. The average Bonchev–Trinajstić information content (AvgIpc) is 3.27. The van der Waals surface area contributed by atoms with Crippen LogP contribution in [0.1, 0.15) is 29.8 Å². The highest BCUT2D eigenvalue weighted by molar-refractivity contribution is 5.95. The highest BCUT2D eigenvalue weighted by Crippen LogP contribution is 2.24. The van der Waals surface area contributed by atoms with Gasteiger partial charge >= 0.3 is 6.03 Å². The van der Waals surface area contributed by atoms with E-state index in [1.165, 1.54) is 5.56 Å². The lowest BCUT2D eigenvalue weighted by Crippen LogP contribution is -2.53. The number of benzene rings is 2. The first-order valence-corrected chi connectivity index (χ1v) is 12.4. The fourth-order valence-corrected chi connectivity index (χ4v) is 4.93. The molecule has 0 radical (unpaired) electrons. The zero-order valence-electron chi connectivity index (χ0n) is 20.6. The summed E-state index contributed by atoms with van der Waals surface area (Å²) in [6.07, 6.45) is 0.780. The van der Waals surface area contributed by atoms with Gasteiger partial charge in [0.25, 0.3) is 5.91 Å². The molecule has 35 heavy (non-hydrogen) atoms. The van der Waals surface area contributed by atoms with Gasteiger partial charge in [0, 0.05) is 70.0 Å². The molecular formula is C27H35N5O3. The monoisotopic (exact) mass is 477 g/mol. The average molecular weight is 478 g/mol. The molecule has 0 saturated carbocycles. The molecule has 0 bridgehead atoms. The van der Waals surface area contributed by atoms with Crippen LogP contribution in [0.25, 0.3) is 0 Å². The van der Waals surface area contributed by atoms with E-state index in [1.54, 1.807) is 31.2 Å². The normalized spacial score (nSPS) is 20.5. The second-order valence-corrected chi connectivity index (χ2v) is 9.49. The Hall–Kier alpha value is -3.39. The largest absolute Gasteiger partial charge is 0.352 e. The second-order valence-electron chi connectivity index (χ2n) is 9.49. The molecule has 4 amide bonds. The Bertz CT molecular complexity index is 1020. The van der Waals surface area contributed by atoms with Gasteiger partial charge in [0.15, 0.2) is 0 Å². The summed E-state index contributed by atoms with van der Waals surface area (Å²) < 4.78 is 0. The number of nitrogens with one attached hydrogen (secondary N) is 2. The number of hydrogen-bond donors (Lipinski definition) is 2. The molecule has 4 rings (SSSR count). The predicted molar refractivity (Wildman–Crippen MR) is 136 cm³/mol. The van der Waals surface area contributed by atoms with Crippen molar-refractivity contribution in [3.63, 3.8) is 0 Å². The molecular weight excluding hydrogens is 442 g/mol. The van der Waals surface area contributed by atoms with Crippen molar-refractivity contribution in [1.29, 1.82) is 0 Å². The number of likely N-dealkylation sites (tertiary alicyclic amines) is 1. The van der Waals surface area contributed by atoms with E-state index in [4.69, 9.17) is 0 Å². The van der Waals surface area contributed by atoms with Crippen molar-refractivity contribution in [3.05, 3.63) is 65.7 Å². The quantitative estimate of drug-likeness (QED) is 0.670. The Morgan fingerprint density at radius 3 is 2.23 bits per heavy atom. The summed E-state index contributed by atoms with van der Waals surface area (Å²) in [5.41, 5.74) is 2.42. The van der Waals surface area contributed by atoms with Crippen molar-refractivity contribution in [1.82, 2.24) is 20.0 Å². The summed E-state index contributed by atoms with van der Waals surface area (Å²) >= 11 is 0. The fraction of sp³-hybridized carbons (Fsp3) is 0.444. The van der Waals surface area contributed by atoms with E-state index in [9.17, 15) is 14.4 Å². The van der Waals surface area contributed by atoms with Crippen LogP contribution in [0.5, 0.6) is 0 Å². The topological polar surface area (TPSA) is 85.0 Å². The van der Waals surface area contributed by atoms with Crippen molar-refractivity contribution < 1.29 is 14.4 Å². The standard InChI is InChI=1S/C27H35N5O3/c1-20-18-32(19-25(20)31-16-14-30(15-17-31)21(2)33)27(35)29-24-10-8-23(9-11-24)26(34)28-13-12-22-6-4-3-5-7-22/h3-11,20,25H,12-19H2,1-2H3,(H,28,34)(H,29,35). The van der Waals surface area contributed by atoms with E-state index in [1.807, 2.05) is 40.1 Å². The number of rotatable bonds is 6. The Morgan fingerprint density at radius 1 is 0.886 bits per heavy atom. The maximum Gasteiger partial charge on any atom is 0.321 e. The molecule has 0 aromatic heterocycles. The minimum Gasteiger partial charge on any atom is -0.352 e. The van der Waals surface area contributed by atoms with Gasteiger partial charge in [0.05, 0.1) is 0 Å². The highest BCUT2D eigenvalue weighted by atomic mass is 16.2. The molecule has 0 aliphatic carbocycles. The van der Waals surface area contributed by atoms with Crippen LogP contribution in [0.4, 0.5) is 10.5 Å². The van der Waals surface area contributed by atoms with Crippen LogP contribution in [-0.4, -0.2) is 84.4 Å². The van der Waals surface area contributed by atoms with Gasteiger partial charge in [-0.2, -0.15) is 0 Å². The summed E-state index contributed by atoms with van der Waals surface area (Å²) in [6, 6.07) is 17.2. The van der Waals surface area contributed by atoms with E-state index < -0.39 is 0 Å². The van der Waals surface area contributed by atoms with E-state index in [0.717, 1.165) is 32.6 Å². The minimum atomic E-state index is -0.125. The third-order valence-electron chi connectivity index (χ3n) is 7.03. The summed E-state index contributed by atoms with van der Waals surface area (Å²) in [5, 5.41) is 5.91. The van der Waals surface area contributed by atoms with E-state index in [2.05, 4.69) is 22.5 Å². The van der Waals surface area contributed by atoms with Crippen LogP contribution < -0.4 is 10.6 Å². The smallest absolute Gasteiger partial charge is 0.321 e. The van der Waals surface area contributed by atoms with Gasteiger partial charge < -0.3 is 20.4 Å². The van der Waals surface area contributed by atoms with Gasteiger partial charge in [-0.25, -0.2) is 4.79 Å². The number of piperazine rings is 1. The maximum absolute atomic E-state index is 12.9. The number of anilines is 1. The molecule has 2 aromatic carbocycles. The van der Waals surface area contributed by atoms with Gasteiger partial charge in [-0.1, -0.05) is 37.3 Å². The molecule has 2 aliphatic heterocycles. The second kappa shape index (κ2) is 11.4. The van der Waals surface area contributed by atoms with E-state index in [-0.39, 0.29) is 17.8 Å². The SMILES string of the molecule is CC(=O)N1CCN(C2CN(C(=O)Nc3ccc(C(=O)NCCc4ccccc4)cc3)CC2C)CC1. The Kier molecular flexibility index (Phi) is 8.02. The lowest BCUT2D eigenvalue weighted by molar-refractivity contribution is -0.130. The molecule has 8 nitrogen and oxygen atoms in total. The molecule has 2 aromatic rings. The number of amides is 4. The molecule has 2 unspecified atom stereocenters. The van der Waals surface area contributed by atoms with Crippen molar-refractivity contribution in [2.75, 3.05) is 51.1 Å². The highest BCUT2D eigenvalue weighted by Gasteiger charge is 2.37. The van der Waals surface area contributed by atoms with Gasteiger partial charge in [0.1, 0.15) is 0 Å². The van der Waals surface area contributed by atoms with Gasteiger partial charge in [-0.05, 0) is 42.2 Å². The first kappa shape index (κ1) is 24.7. The zero-order valence-corrected chi connectivity index (χ0v) is 20.6. The third kappa shape index (κ3) is 6.39. The van der Waals surface area contributed by atoms with Crippen LogP contribution in [0, 0.1) is 5.92 Å². The van der Waals surface area contributed by atoms with Gasteiger partial charge in [0.2, 0.25) is 5.91 Å². The van der Waals surface area contributed by atoms with Crippen molar-refractivity contribution in [2.24, 2.45) is 5.92 Å². The Balaban J connectivity index is 1.24. The molecule has 2 fully saturated rings. The van der Waals surface area contributed by atoms with E-state index >= 15 is 0 Å². The molecule has 2 heterocycles. The van der Waals surface area contributed by atoms with Gasteiger partial charge in [-0.15, -0.1) is 0 Å². The molecule has 2 N–H and O–H groups in total. The molecule has 186 valence electrons. The minimum absolute atomic E-state index is 0.123. The zero-order chi connectivity index (χ0) is 24.8. The first-order chi connectivity index (χ1) is 16.9. The van der Waals surface area contributed by atoms with Crippen LogP contribution in [0.2, 0.25) is 0 Å². The third-order valence-corrected chi connectivity index (χ3v) is 7.03. The molecule has 2 saturated heterocycles. The molecule has 2 atom stereocenters. The summed E-state index contributed by atoms with van der Waals surface area (Å²) in [5.74, 6) is 0.368. The van der Waals surface area contributed by atoms with Crippen molar-refractivity contribution >= 4 is 23.5 Å². The number of carbonyl (C=O) groups excluding carboxylic acids is 3.